The van der Waals surface area contributed by atoms with Gasteiger partial charge in [0, 0.05) is 40.1 Å². The summed E-state index contributed by atoms with van der Waals surface area (Å²) in [7, 11) is 0. The number of carbonyl (C=O) groups excluding carboxylic acids is 1. The van der Waals surface area contributed by atoms with Crippen LogP contribution < -0.4 is 14.2 Å². The van der Waals surface area contributed by atoms with Gasteiger partial charge in [-0.05, 0) is 46.5 Å². The van der Waals surface area contributed by atoms with Gasteiger partial charge >= 0.3 is 0 Å². The topological polar surface area (TPSA) is 63.2 Å². The number of rotatable bonds is 16. The fourth-order valence-corrected chi connectivity index (χ4v) is 8.10. The van der Waals surface area contributed by atoms with Crippen LogP contribution in [0, 0.1) is 0 Å². The molecule has 8 heteroatoms. The van der Waals surface area contributed by atoms with Crippen LogP contribution in [-0.4, -0.2) is 5.78 Å². The smallest absolute Gasteiger partial charge is 0.172 e. The summed E-state index contributed by atoms with van der Waals surface area (Å²) in [5.41, 5.74) is 4.96. The molecule has 0 amide bonds. The average molecular weight is 789 g/mol. The zero-order valence-electron chi connectivity index (χ0n) is 31.1. The Bertz CT molecular complexity index is 2380. The minimum atomic E-state index is -1.21. The van der Waals surface area contributed by atoms with Crippen molar-refractivity contribution < 1.29 is 27.4 Å². The molecule has 284 valence electrons. The van der Waals surface area contributed by atoms with Gasteiger partial charge in [0.25, 0.3) is 0 Å². The Labute approximate surface area is 342 Å². The van der Waals surface area contributed by atoms with Crippen molar-refractivity contribution in [3.05, 3.63) is 221 Å². The molecule has 0 aliphatic carbocycles. The summed E-state index contributed by atoms with van der Waals surface area (Å²) in [6, 6.07) is 59.6. The third-order valence-corrected chi connectivity index (χ3v) is 11.1. The van der Waals surface area contributed by atoms with Crippen LogP contribution in [0.3, 0.4) is 0 Å². The zero-order chi connectivity index (χ0) is 38.7. The molecule has 1 atom stereocenters. The van der Waals surface area contributed by atoms with Gasteiger partial charge in [-0.25, -0.2) is 0 Å². The third-order valence-electron chi connectivity index (χ3n) is 9.61. The van der Waals surface area contributed by atoms with Gasteiger partial charge in [0.15, 0.2) is 22.9 Å². The summed E-state index contributed by atoms with van der Waals surface area (Å²) in [5, 5.41) is 0. The fourth-order valence-electron chi connectivity index (χ4n) is 6.70. The highest BCUT2D eigenvalue weighted by Crippen LogP contribution is 2.51. The number of ether oxygens (including phenoxy) is 3. The Hall–Kier alpha value is -5.77. The zero-order valence-corrected chi connectivity index (χ0v) is 32.8. The van der Waals surface area contributed by atoms with Crippen LogP contribution >= 0.6 is 24.1 Å². The van der Waals surface area contributed by atoms with E-state index in [1.54, 1.807) is 0 Å². The maximum absolute atomic E-state index is 14.8. The van der Waals surface area contributed by atoms with Gasteiger partial charge in [0.2, 0.25) is 0 Å². The van der Waals surface area contributed by atoms with Gasteiger partial charge in [0.05, 0.1) is 30.1 Å². The second-order valence-electron chi connectivity index (χ2n) is 13.5. The first-order valence-corrected chi connectivity index (χ1v) is 20.2. The van der Waals surface area contributed by atoms with Gasteiger partial charge in [-0.2, -0.15) is 0 Å². The van der Waals surface area contributed by atoms with Gasteiger partial charge < -0.3 is 22.6 Å². The van der Waals surface area contributed by atoms with Gasteiger partial charge in [-0.3, -0.25) is 4.79 Å². The fraction of sp³-hybridized carbons (Fsp3) is 0.122. The van der Waals surface area contributed by atoms with E-state index in [2.05, 4.69) is 0 Å². The Kier molecular flexibility index (Phi) is 12.3. The van der Waals surface area contributed by atoms with Crippen LogP contribution in [0.2, 0.25) is 0 Å². The number of hydrogen-bond donors (Lipinski definition) is 0. The molecule has 0 saturated heterocycles. The molecule has 8 rings (SSSR count). The van der Waals surface area contributed by atoms with Crippen molar-refractivity contribution in [3.63, 3.8) is 0 Å². The Morgan fingerprint density at radius 3 is 1.47 bits per heavy atom. The van der Waals surface area contributed by atoms with Gasteiger partial charge in [-0.15, -0.1) is 0 Å². The second-order valence-corrected chi connectivity index (χ2v) is 15.2. The predicted molar refractivity (Wildman–Crippen MR) is 225 cm³/mol. The summed E-state index contributed by atoms with van der Waals surface area (Å²) < 4.78 is 32.5. The first-order valence-electron chi connectivity index (χ1n) is 18.7. The summed E-state index contributed by atoms with van der Waals surface area (Å²) in [6.45, 7) is 1.45. The van der Waals surface area contributed by atoms with Crippen molar-refractivity contribution in [2.45, 2.75) is 48.2 Å². The first kappa shape index (κ1) is 38.1. The molecule has 1 aliphatic heterocycles. The monoisotopic (exact) mass is 788 g/mol. The lowest BCUT2D eigenvalue weighted by Crippen LogP contribution is -2.41. The van der Waals surface area contributed by atoms with Crippen LogP contribution in [0.25, 0.3) is 0 Å². The molecule has 0 fully saturated rings. The molecule has 0 radical (unpaired) electrons. The number of fused-ring (bicyclic) bond motifs is 1. The molecule has 6 nitrogen and oxygen atoms in total. The van der Waals surface area contributed by atoms with Crippen LogP contribution in [0.1, 0.15) is 50.2 Å². The molecule has 1 heterocycles. The second kappa shape index (κ2) is 18.4. The Morgan fingerprint density at radius 1 is 0.474 bits per heavy atom. The molecular formula is C49H40O6S2. The lowest BCUT2D eigenvalue weighted by atomic mass is 9.78. The van der Waals surface area contributed by atoms with Crippen LogP contribution in [0.5, 0.6) is 17.2 Å². The van der Waals surface area contributed by atoms with Crippen molar-refractivity contribution in [1.82, 2.24) is 0 Å². The molecule has 0 aromatic heterocycles. The summed E-state index contributed by atoms with van der Waals surface area (Å²) in [5.74, 6) is 1.50. The highest BCUT2D eigenvalue weighted by Gasteiger charge is 2.46. The normalized spacial score (nSPS) is 14.7. The van der Waals surface area contributed by atoms with Crippen molar-refractivity contribution in [2.24, 2.45) is 0 Å². The number of benzene rings is 7. The summed E-state index contributed by atoms with van der Waals surface area (Å²) >= 11 is 2.38. The van der Waals surface area contributed by atoms with E-state index in [0.717, 1.165) is 33.4 Å². The molecule has 0 N–H and O–H groups in total. The first-order chi connectivity index (χ1) is 28.1. The molecule has 1 aliphatic rings. The van der Waals surface area contributed by atoms with Gasteiger partial charge in [-0.1, -0.05) is 158 Å². The Morgan fingerprint density at radius 2 is 0.930 bits per heavy atom. The van der Waals surface area contributed by atoms with E-state index in [9.17, 15) is 4.79 Å². The molecular weight excluding hydrogens is 749 g/mol. The van der Waals surface area contributed by atoms with E-state index in [-0.39, 0.29) is 12.2 Å². The molecule has 1 unspecified atom stereocenters. The molecule has 0 bridgehead atoms. The van der Waals surface area contributed by atoms with Crippen molar-refractivity contribution in [2.75, 3.05) is 0 Å². The van der Waals surface area contributed by atoms with E-state index in [1.807, 2.05) is 182 Å². The van der Waals surface area contributed by atoms with E-state index < -0.39 is 5.60 Å². The van der Waals surface area contributed by atoms with Crippen molar-refractivity contribution in [3.8, 4) is 17.2 Å². The van der Waals surface area contributed by atoms with Gasteiger partial charge in [0.1, 0.15) is 19.0 Å². The highest BCUT2D eigenvalue weighted by molar-refractivity contribution is 7.95. The average Bonchev–Trinajstić information content (AvgIpc) is 3.27. The lowest BCUT2D eigenvalue weighted by molar-refractivity contribution is 0.0588. The van der Waals surface area contributed by atoms with Crippen molar-refractivity contribution >= 4 is 29.9 Å². The van der Waals surface area contributed by atoms with E-state index in [0.29, 0.717) is 59.0 Å². The van der Waals surface area contributed by atoms with E-state index in [4.69, 9.17) is 22.6 Å². The SMILES string of the molecule is O=C1CC(c2ccccc2)(c2ccc(OCc3ccccc3)c(OCc3ccccc3)c2)Oc2c(SOCc3ccccc3)ccc(SOCc3ccccc3)c21. The van der Waals surface area contributed by atoms with E-state index in [1.165, 1.54) is 24.1 Å². The number of Topliss-reactive ketones (excluding diaryl/α,β-unsaturated/α-hetero) is 1. The Balaban J connectivity index is 1.18. The quantitative estimate of drug-likeness (QED) is 0.0897. The third kappa shape index (κ3) is 9.28. The van der Waals surface area contributed by atoms with Crippen LogP contribution in [-0.2, 0) is 40.4 Å². The maximum atomic E-state index is 14.8. The number of hydrogen-bond acceptors (Lipinski definition) is 8. The van der Waals surface area contributed by atoms with E-state index >= 15 is 0 Å². The summed E-state index contributed by atoms with van der Waals surface area (Å²) in [4.78, 5) is 16.2. The summed E-state index contributed by atoms with van der Waals surface area (Å²) in [6.07, 6.45) is 0.0393. The standard InChI is InChI=1S/C49H40O6S2/c50-42-31-49(40-24-14-5-15-25-40,41-26-27-43(51-32-36-16-6-1-7-17-36)44(30-41)52-33-37-18-8-2-9-19-37)55-48-46(57-54-35-39-22-12-4-13-23-39)29-28-45(47(42)48)56-53-34-38-20-10-3-11-21-38/h1-30H,31-35H2. The van der Waals surface area contributed by atoms with Crippen molar-refractivity contribution in [1.29, 1.82) is 0 Å². The molecule has 7 aromatic rings. The maximum Gasteiger partial charge on any atom is 0.172 e. The van der Waals surface area contributed by atoms with Crippen LogP contribution in [0.15, 0.2) is 192 Å². The molecule has 7 aromatic carbocycles. The molecule has 0 spiro atoms. The minimum Gasteiger partial charge on any atom is -0.485 e. The minimum absolute atomic E-state index is 0.0393. The highest BCUT2D eigenvalue weighted by atomic mass is 32.2. The largest absolute Gasteiger partial charge is 0.485 e. The number of carbonyl (C=O) groups is 1. The number of ketones is 1. The van der Waals surface area contributed by atoms with Crippen LogP contribution in [0.4, 0.5) is 0 Å². The lowest BCUT2D eigenvalue weighted by Gasteiger charge is -2.40. The molecule has 57 heavy (non-hydrogen) atoms. The predicted octanol–water partition coefficient (Wildman–Crippen LogP) is 12.2. The molecule has 0 saturated carbocycles.